The quantitative estimate of drug-likeness (QED) is 0.760. The number of aromatic nitrogens is 4. The van der Waals surface area contributed by atoms with Gasteiger partial charge in [-0.3, -0.25) is 0 Å². The summed E-state index contributed by atoms with van der Waals surface area (Å²) in [5.41, 5.74) is 2.22. The Morgan fingerprint density at radius 2 is 2.00 bits per heavy atom. The summed E-state index contributed by atoms with van der Waals surface area (Å²) >= 11 is 0. The van der Waals surface area contributed by atoms with Gasteiger partial charge in [0.1, 0.15) is 17.9 Å². The lowest BCUT2D eigenvalue weighted by atomic mass is 9.74. The SMILES string of the molecule is COc1ccc(C2(CNc3cc(C)nc4ncnn34)CCOCC2)cc1. The minimum Gasteiger partial charge on any atom is -0.497 e. The van der Waals surface area contributed by atoms with Crippen LogP contribution in [-0.2, 0) is 10.2 Å². The van der Waals surface area contributed by atoms with E-state index in [4.69, 9.17) is 9.47 Å². The minimum atomic E-state index is 0.00853. The van der Waals surface area contributed by atoms with Crippen LogP contribution in [0.1, 0.15) is 24.1 Å². The highest BCUT2D eigenvalue weighted by molar-refractivity contribution is 5.46. The van der Waals surface area contributed by atoms with Gasteiger partial charge in [-0.15, -0.1) is 0 Å². The first kappa shape index (κ1) is 16.8. The van der Waals surface area contributed by atoms with Crippen LogP contribution in [0.15, 0.2) is 36.7 Å². The molecule has 136 valence electrons. The van der Waals surface area contributed by atoms with Gasteiger partial charge in [-0.1, -0.05) is 12.1 Å². The number of nitrogens with zero attached hydrogens (tertiary/aromatic N) is 4. The van der Waals surface area contributed by atoms with Gasteiger partial charge in [0.2, 0.25) is 0 Å². The fraction of sp³-hybridized carbons (Fsp3) is 0.421. The molecule has 7 nitrogen and oxygen atoms in total. The monoisotopic (exact) mass is 353 g/mol. The van der Waals surface area contributed by atoms with Gasteiger partial charge in [0, 0.05) is 36.9 Å². The Hall–Kier alpha value is -2.67. The number of benzene rings is 1. The zero-order valence-electron chi connectivity index (χ0n) is 15.1. The zero-order valence-corrected chi connectivity index (χ0v) is 15.1. The maximum absolute atomic E-state index is 5.63. The lowest BCUT2D eigenvalue weighted by Gasteiger charge is -2.38. The van der Waals surface area contributed by atoms with E-state index in [-0.39, 0.29) is 5.41 Å². The van der Waals surface area contributed by atoms with Gasteiger partial charge in [-0.05, 0) is 37.5 Å². The molecule has 0 amide bonds. The third-order valence-electron chi connectivity index (χ3n) is 5.14. The maximum Gasteiger partial charge on any atom is 0.254 e. The number of anilines is 1. The topological polar surface area (TPSA) is 73.6 Å². The van der Waals surface area contributed by atoms with Crippen molar-refractivity contribution in [2.75, 3.05) is 32.2 Å². The Balaban J connectivity index is 1.63. The van der Waals surface area contributed by atoms with Crippen LogP contribution in [0.3, 0.4) is 0 Å². The van der Waals surface area contributed by atoms with Crippen molar-refractivity contribution >= 4 is 11.6 Å². The number of hydrogen-bond donors (Lipinski definition) is 1. The summed E-state index contributed by atoms with van der Waals surface area (Å²) in [4.78, 5) is 8.60. The number of fused-ring (bicyclic) bond motifs is 1. The molecule has 0 spiro atoms. The molecule has 7 heteroatoms. The van der Waals surface area contributed by atoms with E-state index in [9.17, 15) is 0 Å². The highest BCUT2D eigenvalue weighted by atomic mass is 16.5. The van der Waals surface area contributed by atoms with E-state index >= 15 is 0 Å². The normalized spacial score (nSPS) is 16.5. The number of hydrogen-bond acceptors (Lipinski definition) is 6. The van der Waals surface area contributed by atoms with Crippen LogP contribution in [0, 0.1) is 6.92 Å². The molecule has 0 radical (unpaired) electrons. The van der Waals surface area contributed by atoms with Crippen molar-refractivity contribution in [1.82, 2.24) is 19.6 Å². The fourth-order valence-corrected chi connectivity index (χ4v) is 3.59. The molecule has 1 fully saturated rings. The van der Waals surface area contributed by atoms with E-state index in [1.165, 1.54) is 11.9 Å². The Morgan fingerprint density at radius 1 is 1.23 bits per heavy atom. The lowest BCUT2D eigenvalue weighted by molar-refractivity contribution is 0.0543. The van der Waals surface area contributed by atoms with Gasteiger partial charge in [0.05, 0.1) is 7.11 Å². The molecule has 0 saturated carbocycles. The Morgan fingerprint density at radius 3 is 2.73 bits per heavy atom. The molecule has 3 heterocycles. The average molecular weight is 353 g/mol. The second-order valence-corrected chi connectivity index (χ2v) is 6.73. The van der Waals surface area contributed by atoms with Crippen molar-refractivity contribution in [2.45, 2.75) is 25.2 Å². The Kier molecular flexibility index (Phi) is 4.46. The molecule has 1 aliphatic rings. The molecule has 0 unspecified atom stereocenters. The summed E-state index contributed by atoms with van der Waals surface area (Å²) in [5.74, 6) is 2.39. The van der Waals surface area contributed by atoms with E-state index in [0.29, 0.717) is 5.78 Å². The number of methoxy groups -OCH3 is 1. The summed E-state index contributed by atoms with van der Waals surface area (Å²) in [7, 11) is 1.69. The lowest BCUT2D eigenvalue weighted by Crippen LogP contribution is -2.40. The molecule has 1 saturated heterocycles. The third-order valence-corrected chi connectivity index (χ3v) is 5.14. The molecular weight excluding hydrogens is 330 g/mol. The van der Waals surface area contributed by atoms with Crippen molar-refractivity contribution in [3.05, 3.63) is 47.9 Å². The van der Waals surface area contributed by atoms with E-state index in [0.717, 1.165) is 49.9 Å². The third kappa shape index (κ3) is 3.10. The first-order valence-electron chi connectivity index (χ1n) is 8.84. The van der Waals surface area contributed by atoms with Crippen LogP contribution >= 0.6 is 0 Å². The maximum atomic E-state index is 5.63. The standard InChI is InChI=1S/C19H23N5O2/c1-14-11-17(24-18(23-14)21-13-22-24)20-12-19(7-9-26-10-8-19)15-3-5-16(25-2)6-4-15/h3-6,11,13,20H,7-10,12H2,1-2H3. The highest BCUT2D eigenvalue weighted by Gasteiger charge is 2.34. The van der Waals surface area contributed by atoms with Crippen LogP contribution in [0.2, 0.25) is 0 Å². The fourth-order valence-electron chi connectivity index (χ4n) is 3.59. The smallest absolute Gasteiger partial charge is 0.254 e. The largest absolute Gasteiger partial charge is 0.497 e. The molecule has 1 N–H and O–H groups in total. The van der Waals surface area contributed by atoms with E-state index < -0.39 is 0 Å². The number of aryl methyl sites for hydroxylation is 1. The molecule has 3 aromatic rings. The van der Waals surface area contributed by atoms with E-state index in [1.54, 1.807) is 11.6 Å². The minimum absolute atomic E-state index is 0.00853. The first-order chi connectivity index (χ1) is 12.7. The zero-order chi connectivity index (χ0) is 18.0. The molecule has 0 atom stereocenters. The second-order valence-electron chi connectivity index (χ2n) is 6.73. The van der Waals surface area contributed by atoms with E-state index in [1.807, 2.05) is 25.1 Å². The van der Waals surface area contributed by atoms with Crippen LogP contribution in [-0.4, -0.2) is 46.5 Å². The molecule has 0 aliphatic carbocycles. The highest BCUT2D eigenvalue weighted by Crippen LogP contribution is 2.36. The first-order valence-corrected chi connectivity index (χ1v) is 8.84. The van der Waals surface area contributed by atoms with Crippen molar-refractivity contribution in [3.8, 4) is 5.75 Å². The predicted octanol–water partition coefficient (Wildman–Crippen LogP) is 2.60. The van der Waals surface area contributed by atoms with Crippen molar-refractivity contribution < 1.29 is 9.47 Å². The predicted molar refractivity (Wildman–Crippen MR) is 98.7 cm³/mol. The number of rotatable bonds is 5. The molecular formula is C19H23N5O2. The summed E-state index contributed by atoms with van der Waals surface area (Å²) < 4.78 is 12.7. The van der Waals surface area contributed by atoms with Gasteiger partial charge in [-0.25, -0.2) is 4.98 Å². The average Bonchev–Trinajstić information content (AvgIpc) is 3.15. The van der Waals surface area contributed by atoms with Gasteiger partial charge in [-0.2, -0.15) is 14.6 Å². The van der Waals surface area contributed by atoms with Crippen molar-refractivity contribution in [1.29, 1.82) is 0 Å². The summed E-state index contributed by atoms with van der Waals surface area (Å²) in [6.07, 6.45) is 3.47. The van der Waals surface area contributed by atoms with Crippen LogP contribution in [0.25, 0.3) is 5.78 Å². The Bertz CT molecular complexity index is 885. The number of ether oxygens (including phenoxy) is 2. The molecule has 26 heavy (non-hydrogen) atoms. The molecule has 1 aromatic carbocycles. The van der Waals surface area contributed by atoms with Gasteiger partial charge in [0.25, 0.3) is 5.78 Å². The summed E-state index contributed by atoms with van der Waals surface area (Å²) in [6, 6.07) is 10.4. The molecule has 2 aromatic heterocycles. The summed E-state index contributed by atoms with van der Waals surface area (Å²) in [6.45, 7) is 4.29. The number of nitrogens with one attached hydrogen (secondary N) is 1. The van der Waals surface area contributed by atoms with E-state index in [2.05, 4.69) is 32.5 Å². The second kappa shape index (κ2) is 6.92. The van der Waals surface area contributed by atoms with Crippen molar-refractivity contribution in [2.24, 2.45) is 0 Å². The van der Waals surface area contributed by atoms with Crippen LogP contribution in [0.5, 0.6) is 5.75 Å². The molecule has 0 bridgehead atoms. The van der Waals surface area contributed by atoms with Gasteiger partial charge < -0.3 is 14.8 Å². The van der Waals surface area contributed by atoms with Crippen LogP contribution in [0.4, 0.5) is 5.82 Å². The Labute approximate surface area is 152 Å². The summed E-state index contributed by atoms with van der Waals surface area (Å²) in [5, 5.41) is 7.87. The van der Waals surface area contributed by atoms with Crippen LogP contribution < -0.4 is 10.1 Å². The van der Waals surface area contributed by atoms with Gasteiger partial charge in [0.15, 0.2) is 0 Å². The molecule has 1 aliphatic heterocycles. The molecule has 4 rings (SSSR count). The van der Waals surface area contributed by atoms with Gasteiger partial charge >= 0.3 is 0 Å². The van der Waals surface area contributed by atoms with Crippen molar-refractivity contribution in [3.63, 3.8) is 0 Å².